The van der Waals surface area contributed by atoms with Gasteiger partial charge in [-0.05, 0) is 63.3 Å². The van der Waals surface area contributed by atoms with Crippen molar-refractivity contribution in [2.75, 3.05) is 13.1 Å². The van der Waals surface area contributed by atoms with Crippen molar-refractivity contribution < 1.29 is 0 Å². The molecular weight excluding hydrogens is 170 g/mol. The maximum absolute atomic E-state index is 5.99. The van der Waals surface area contributed by atoms with Gasteiger partial charge in [-0.25, -0.2) is 0 Å². The molecule has 3 aliphatic rings. The first-order valence-electron chi connectivity index (χ1n) is 6.32. The summed E-state index contributed by atoms with van der Waals surface area (Å²) in [5, 5.41) is 0. The minimum atomic E-state index is 0.467. The quantitative estimate of drug-likeness (QED) is 0.616. The second-order valence-electron chi connectivity index (χ2n) is 5.63. The molecule has 3 rings (SSSR count). The van der Waals surface area contributed by atoms with Crippen molar-refractivity contribution in [3.63, 3.8) is 0 Å². The van der Waals surface area contributed by atoms with Crippen LogP contribution in [0.15, 0.2) is 0 Å². The minimum Gasteiger partial charge on any atom is -0.300 e. The van der Waals surface area contributed by atoms with Crippen molar-refractivity contribution in [2.24, 2.45) is 17.8 Å². The van der Waals surface area contributed by atoms with Crippen LogP contribution in [0.3, 0.4) is 0 Å². The third-order valence-electron chi connectivity index (χ3n) is 4.72. The van der Waals surface area contributed by atoms with Gasteiger partial charge in [-0.1, -0.05) is 6.42 Å². The summed E-state index contributed by atoms with van der Waals surface area (Å²) in [5.74, 6) is 2.58. The molecule has 1 heterocycles. The molecule has 3 fully saturated rings. The van der Waals surface area contributed by atoms with Crippen LogP contribution in [-0.2, 0) is 0 Å². The molecule has 0 N–H and O–H groups in total. The molecular formula is C13H21N. The number of rotatable bonds is 1. The Labute approximate surface area is 87.9 Å². The Hall–Kier alpha value is -0.0400. The molecule has 1 heteroatoms. The van der Waals surface area contributed by atoms with E-state index in [1.165, 1.54) is 51.6 Å². The van der Waals surface area contributed by atoms with Crippen molar-refractivity contribution in [3.8, 4) is 0 Å². The second-order valence-corrected chi connectivity index (χ2v) is 5.63. The van der Waals surface area contributed by atoms with E-state index in [1.807, 2.05) is 0 Å². The predicted molar refractivity (Wildman–Crippen MR) is 57.8 cm³/mol. The SMILES string of the molecule is [CH]C1CCN(C2CCC3CCC2C3)C1. The lowest BCUT2D eigenvalue weighted by Gasteiger charge is -2.36. The van der Waals surface area contributed by atoms with Gasteiger partial charge in [0.15, 0.2) is 0 Å². The third-order valence-corrected chi connectivity index (χ3v) is 4.72. The summed E-state index contributed by atoms with van der Waals surface area (Å²) in [4.78, 5) is 2.69. The Morgan fingerprint density at radius 3 is 2.64 bits per heavy atom. The fourth-order valence-electron chi connectivity index (χ4n) is 3.96. The molecule has 14 heavy (non-hydrogen) atoms. The van der Waals surface area contributed by atoms with Gasteiger partial charge < -0.3 is 0 Å². The van der Waals surface area contributed by atoms with Gasteiger partial charge in [0.25, 0.3) is 0 Å². The standard InChI is InChI=1S/C13H21N/c1-10-6-7-14(9-10)13-5-3-11-2-4-12(13)8-11/h1,10-13H,2-9H2. The molecule has 0 spiro atoms. The van der Waals surface area contributed by atoms with Crippen molar-refractivity contribution in [1.29, 1.82) is 0 Å². The normalized spacial score (nSPS) is 48.6. The molecule has 4 atom stereocenters. The summed E-state index contributed by atoms with van der Waals surface area (Å²) < 4.78 is 0. The Morgan fingerprint density at radius 1 is 1.00 bits per heavy atom. The lowest BCUT2D eigenvalue weighted by Crippen LogP contribution is -2.40. The van der Waals surface area contributed by atoms with Gasteiger partial charge in [-0.3, -0.25) is 4.90 Å². The van der Waals surface area contributed by atoms with Crippen molar-refractivity contribution in [2.45, 2.75) is 44.6 Å². The topological polar surface area (TPSA) is 3.24 Å². The molecule has 1 saturated heterocycles. The highest BCUT2D eigenvalue weighted by molar-refractivity contribution is 4.94. The van der Waals surface area contributed by atoms with Crippen molar-refractivity contribution in [3.05, 3.63) is 6.92 Å². The fourth-order valence-corrected chi connectivity index (χ4v) is 3.96. The predicted octanol–water partition coefficient (Wildman–Crippen LogP) is 2.60. The van der Waals surface area contributed by atoms with E-state index in [2.05, 4.69) is 4.90 Å². The highest BCUT2D eigenvalue weighted by Gasteiger charge is 2.39. The molecule has 0 aromatic heterocycles. The van der Waals surface area contributed by atoms with Crippen LogP contribution in [-0.4, -0.2) is 24.0 Å². The first-order valence-corrected chi connectivity index (χ1v) is 6.32. The average Bonchev–Trinajstić information content (AvgIpc) is 2.75. The van der Waals surface area contributed by atoms with E-state index in [0.29, 0.717) is 5.92 Å². The van der Waals surface area contributed by atoms with Crippen molar-refractivity contribution in [1.82, 2.24) is 4.90 Å². The molecule has 1 aliphatic heterocycles. The first kappa shape index (κ1) is 9.21. The van der Waals surface area contributed by atoms with Crippen molar-refractivity contribution >= 4 is 0 Å². The van der Waals surface area contributed by atoms with E-state index < -0.39 is 0 Å². The lowest BCUT2D eigenvalue weighted by molar-refractivity contribution is 0.133. The van der Waals surface area contributed by atoms with E-state index in [-0.39, 0.29) is 0 Å². The van der Waals surface area contributed by atoms with Gasteiger partial charge in [-0.15, -0.1) is 0 Å². The van der Waals surface area contributed by atoms with Gasteiger partial charge in [0.05, 0.1) is 0 Å². The molecule has 0 aromatic carbocycles. The summed E-state index contributed by atoms with van der Waals surface area (Å²) in [7, 11) is 0. The van der Waals surface area contributed by atoms with Gasteiger partial charge in [0, 0.05) is 12.6 Å². The van der Waals surface area contributed by atoms with Crippen LogP contribution in [0.4, 0.5) is 0 Å². The highest BCUT2D eigenvalue weighted by Crippen LogP contribution is 2.44. The van der Waals surface area contributed by atoms with Crippen LogP contribution in [0.25, 0.3) is 0 Å². The van der Waals surface area contributed by atoms with Gasteiger partial charge in [0.2, 0.25) is 0 Å². The summed E-state index contributed by atoms with van der Waals surface area (Å²) >= 11 is 0. The average molecular weight is 191 g/mol. The van der Waals surface area contributed by atoms with E-state index in [4.69, 9.17) is 6.92 Å². The molecule has 1 nitrogen and oxygen atoms in total. The minimum absolute atomic E-state index is 0.467. The van der Waals surface area contributed by atoms with Crippen LogP contribution in [0.2, 0.25) is 0 Å². The molecule has 2 aliphatic carbocycles. The fraction of sp³-hybridized carbons (Fsp3) is 0.923. The zero-order valence-corrected chi connectivity index (χ0v) is 8.99. The molecule has 4 unspecified atom stereocenters. The largest absolute Gasteiger partial charge is 0.300 e. The molecule has 2 radical (unpaired) electrons. The maximum Gasteiger partial charge on any atom is 0.0124 e. The van der Waals surface area contributed by atoms with E-state index in [0.717, 1.165) is 17.9 Å². The van der Waals surface area contributed by atoms with Gasteiger partial charge >= 0.3 is 0 Å². The molecule has 78 valence electrons. The zero-order valence-electron chi connectivity index (χ0n) is 8.99. The van der Waals surface area contributed by atoms with Gasteiger partial charge in [0.1, 0.15) is 0 Å². The first-order chi connectivity index (χ1) is 6.83. The van der Waals surface area contributed by atoms with Gasteiger partial charge in [-0.2, -0.15) is 0 Å². The summed E-state index contributed by atoms with van der Waals surface area (Å²) in [6, 6.07) is 0.905. The van der Waals surface area contributed by atoms with E-state index >= 15 is 0 Å². The highest BCUT2D eigenvalue weighted by atomic mass is 15.2. The Kier molecular flexibility index (Phi) is 2.31. The molecule has 0 amide bonds. The number of hydrogen-bond donors (Lipinski definition) is 0. The second kappa shape index (κ2) is 3.52. The third kappa shape index (κ3) is 1.50. The number of likely N-dealkylation sites (tertiary alicyclic amines) is 1. The van der Waals surface area contributed by atoms with Crippen LogP contribution in [0, 0.1) is 24.7 Å². The molecule has 0 aromatic rings. The Morgan fingerprint density at radius 2 is 1.86 bits per heavy atom. The molecule has 2 bridgehead atoms. The summed E-state index contributed by atoms with van der Waals surface area (Å²) in [6.45, 7) is 8.43. The number of fused-ring (bicyclic) bond motifs is 2. The van der Waals surface area contributed by atoms with Crippen LogP contribution in [0.1, 0.15) is 38.5 Å². The summed E-state index contributed by atoms with van der Waals surface area (Å²) in [6.07, 6.45) is 8.72. The lowest BCUT2D eigenvalue weighted by atomic mass is 9.84. The number of nitrogens with zero attached hydrogens (tertiary/aromatic N) is 1. The number of hydrogen-bond acceptors (Lipinski definition) is 1. The van der Waals surface area contributed by atoms with E-state index in [1.54, 1.807) is 0 Å². The summed E-state index contributed by atoms with van der Waals surface area (Å²) in [5.41, 5.74) is 0. The molecule has 2 saturated carbocycles. The monoisotopic (exact) mass is 191 g/mol. The van der Waals surface area contributed by atoms with Crippen LogP contribution >= 0.6 is 0 Å². The van der Waals surface area contributed by atoms with E-state index in [9.17, 15) is 0 Å². The maximum atomic E-state index is 5.99. The Balaban J connectivity index is 1.66. The van der Waals surface area contributed by atoms with Crippen LogP contribution < -0.4 is 0 Å². The Bertz CT molecular complexity index is 213. The smallest absolute Gasteiger partial charge is 0.0124 e. The zero-order chi connectivity index (χ0) is 9.54. The van der Waals surface area contributed by atoms with Crippen LogP contribution in [0.5, 0.6) is 0 Å².